The van der Waals surface area contributed by atoms with E-state index in [-0.39, 0.29) is 39.5 Å². The van der Waals surface area contributed by atoms with Crippen LogP contribution in [-0.2, 0) is 0 Å². The first-order valence-corrected chi connectivity index (χ1v) is 12.8. The number of phenols is 8. The van der Waals surface area contributed by atoms with Crippen molar-refractivity contribution in [1.82, 2.24) is 0 Å². The van der Waals surface area contributed by atoms with Crippen LogP contribution in [-0.4, -0.2) is 69.1 Å². The quantitative estimate of drug-likeness (QED) is 0.154. The number of ether oxygens (including phenoxy) is 2. The highest BCUT2D eigenvalue weighted by Crippen LogP contribution is 2.52. The maximum absolute atomic E-state index is 13.4. The van der Waals surface area contributed by atoms with E-state index in [1.165, 1.54) is 24.3 Å². The van der Waals surface area contributed by atoms with Crippen molar-refractivity contribution in [2.45, 2.75) is 30.3 Å². The molecule has 0 aromatic heterocycles. The molecule has 2 aliphatic rings. The topological polar surface area (TPSA) is 238 Å². The number of rotatable bonds is 3. The van der Waals surface area contributed by atoms with Gasteiger partial charge in [-0.3, -0.25) is 4.79 Å². The van der Waals surface area contributed by atoms with Crippen LogP contribution >= 0.6 is 0 Å². The van der Waals surface area contributed by atoms with Crippen LogP contribution in [0.25, 0.3) is 0 Å². The Morgan fingerprint density at radius 2 is 1.09 bits per heavy atom. The molecule has 0 saturated heterocycles. The fourth-order valence-electron chi connectivity index (χ4n) is 5.52. The van der Waals surface area contributed by atoms with E-state index in [2.05, 4.69) is 0 Å². The number of aromatic hydroxyl groups is 8. The molecule has 0 unspecified atom stereocenters. The Hall–Kier alpha value is -5.53. The molecule has 13 heteroatoms. The summed E-state index contributed by atoms with van der Waals surface area (Å²) in [5.74, 6) is -7.12. The van der Waals surface area contributed by atoms with Gasteiger partial charge in [-0.2, -0.15) is 0 Å². The number of benzene rings is 4. The SMILES string of the molecule is O=C1c2cc([C@@H]3c4ccc(O)cc4O[C@H](c4cc(O)c(O)c(O)c4)[C@H]3O)c(O)cc2O[C@@H](c2cc(O)c(O)c(O)c2)[C@H]1O. The van der Waals surface area contributed by atoms with Crippen LogP contribution in [0.2, 0.25) is 0 Å². The number of fused-ring (bicyclic) bond motifs is 2. The molecule has 222 valence electrons. The smallest absolute Gasteiger partial charge is 0.200 e. The molecular formula is C30H24O13. The number of hydrogen-bond donors (Lipinski definition) is 10. The molecule has 4 aromatic carbocycles. The third-order valence-corrected chi connectivity index (χ3v) is 7.62. The Labute approximate surface area is 241 Å². The van der Waals surface area contributed by atoms with Crippen LogP contribution in [0, 0.1) is 0 Å². The van der Waals surface area contributed by atoms with Gasteiger partial charge in [0.25, 0.3) is 0 Å². The summed E-state index contributed by atoms with van der Waals surface area (Å²) < 4.78 is 11.7. The predicted octanol–water partition coefficient (Wildman–Crippen LogP) is 2.64. The van der Waals surface area contributed by atoms with Crippen LogP contribution in [0.15, 0.2) is 54.6 Å². The van der Waals surface area contributed by atoms with Gasteiger partial charge in [-0.25, -0.2) is 0 Å². The lowest BCUT2D eigenvalue weighted by Gasteiger charge is -2.38. The second-order valence-electron chi connectivity index (χ2n) is 10.3. The number of hydrogen-bond acceptors (Lipinski definition) is 13. The summed E-state index contributed by atoms with van der Waals surface area (Å²) in [6, 6.07) is 10.4. The van der Waals surface area contributed by atoms with Gasteiger partial charge in [-0.05, 0) is 36.4 Å². The van der Waals surface area contributed by atoms with Crippen LogP contribution in [0.4, 0.5) is 0 Å². The second kappa shape index (κ2) is 9.79. The highest BCUT2D eigenvalue weighted by molar-refractivity contribution is 6.03. The number of carbonyl (C=O) groups is 1. The van der Waals surface area contributed by atoms with E-state index in [1.807, 2.05) is 0 Å². The molecule has 0 spiro atoms. The average Bonchev–Trinajstić information content (AvgIpc) is 2.96. The molecule has 0 aliphatic carbocycles. The van der Waals surface area contributed by atoms with Crippen LogP contribution in [0.5, 0.6) is 57.5 Å². The minimum Gasteiger partial charge on any atom is -0.508 e. The number of aliphatic hydroxyl groups excluding tert-OH is 2. The summed E-state index contributed by atoms with van der Waals surface area (Å²) in [7, 11) is 0. The Morgan fingerprint density at radius 3 is 1.67 bits per heavy atom. The number of carbonyl (C=O) groups excluding carboxylic acids is 1. The normalized spacial score (nSPS) is 22.7. The van der Waals surface area contributed by atoms with Crippen molar-refractivity contribution in [3.05, 3.63) is 82.4 Å². The van der Waals surface area contributed by atoms with Gasteiger partial charge in [-0.1, -0.05) is 6.07 Å². The van der Waals surface area contributed by atoms with E-state index in [1.54, 1.807) is 0 Å². The Kier molecular flexibility index (Phi) is 6.29. The van der Waals surface area contributed by atoms with Gasteiger partial charge in [0, 0.05) is 40.3 Å². The minimum atomic E-state index is -1.84. The van der Waals surface area contributed by atoms with Gasteiger partial charge in [-0.15, -0.1) is 0 Å². The van der Waals surface area contributed by atoms with Crippen molar-refractivity contribution < 1.29 is 65.3 Å². The third-order valence-electron chi connectivity index (χ3n) is 7.62. The lowest BCUT2D eigenvalue weighted by atomic mass is 9.78. The number of Topliss-reactive ketones (excluding diaryl/α,β-unsaturated/α-hetero) is 1. The molecule has 43 heavy (non-hydrogen) atoms. The van der Waals surface area contributed by atoms with Crippen molar-refractivity contribution >= 4 is 5.78 Å². The fraction of sp³-hybridized carbons (Fsp3) is 0.167. The van der Waals surface area contributed by atoms with Gasteiger partial charge < -0.3 is 60.5 Å². The summed E-state index contributed by atoms with van der Waals surface area (Å²) in [4.78, 5) is 13.4. The van der Waals surface area contributed by atoms with Crippen molar-refractivity contribution in [3.63, 3.8) is 0 Å². The Morgan fingerprint density at radius 1 is 0.558 bits per heavy atom. The number of ketones is 1. The number of aliphatic hydroxyl groups is 2. The third kappa shape index (κ3) is 4.38. The molecular weight excluding hydrogens is 568 g/mol. The maximum Gasteiger partial charge on any atom is 0.200 e. The zero-order chi connectivity index (χ0) is 30.9. The number of phenolic OH excluding ortho intramolecular Hbond substituents is 8. The molecule has 0 bridgehead atoms. The van der Waals surface area contributed by atoms with E-state index < -0.39 is 76.4 Å². The summed E-state index contributed by atoms with van der Waals surface area (Å²) in [6.07, 6.45) is -6.12. The summed E-state index contributed by atoms with van der Waals surface area (Å²) in [5, 5.41) is 103. The molecule has 6 rings (SSSR count). The zero-order valence-corrected chi connectivity index (χ0v) is 21.8. The van der Waals surface area contributed by atoms with E-state index >= 15 is 0 Å². The first-order valence-electron chi connectivity index (χ1n) is 12.8. The van der Waals surface area contributed by atoms with Gasteiger partial charge in [0.15, 0.2) is 58.6 Å². The molecule has 2 aliphatic heterocycles. The molecule has 13 nitrogen and oxygen atoms in total. The predicted molar refractivity (Wildman–Crippen MR) is 144 cm³/mol. The van der Waals surface area contributed by atoms with Crippen LogP contribution in [0.3, 0.4) is 0 Å². The van der Waals surface area contributed by atoms with E-state index in [0.717, 1.165) is 30.3 Å². The molecule has 2 heterocycles. The Balaban J connectivity index is 1.45. The van der Waals surface area contributed by atoms with E-state index in [9.17, 15) is 55.9 Å². The van der Waals surface area contributed by atoms with E-state index in [4.69, 9.17) is 9.47 Å². The molecule has 10 N–H and O–H groups in total. The van der Waals surface area contributed by atoms with Crippen molar-refractivity contribution in [2.75, 3.05) is 0 Å². The first kappa shape index (κ1) is 27.6. The highest BCUT2D eigenvalue weighted by Gasteiger charge is 2.43. The monoisotopic (exact) mass is 592 g/mol. The highest BCUT2D eigenvalue weighted by atomic mass is 16.5. The molecule has 5 atom stereocenters. The van der Waals surface area contributed by atoms with Crippen LogP contribution < -0.4 is 9.47 Å². The zero-order valence-electron chi connectivity index (χ0n) is 21.8. The van der Waals surface area contributed by atoms with Crippen molar-refractivity contribution in [2.24, 2.45) is 0 Å². The second-order valence-corrected chi connectivity index (χ2v) is 10.3. The lowest BCUT2D eigenvalue weighted by Crippen LogP contribution is -2.37. The molecule has 0 amide bonds. The Bertz CT molecular complexity index is 1750. The maximum atomic E-state index is 13.4. The van der Waals surface area contributed by atoms with Gasteiger partial charge >= 0.3 is 0 Å². The van der Waals surface area contributed by atoms with Gasteiger partial charge in [0.1, 0.15) is 29.1 Å². The van der Waals surface area contributed by atoms with Crippen molar-refractivity contribution in [3.8, 4) is 57.5 Å². The largest absolute Gasteiger partial charge is 0.508 e. The fourth-order valence-corrected chi connectivity index (χ4v) is 5.52. The van der Waals surface area contributed by atoms with Crippen LogP contribution in [0.1, 0.15) is 50.7 Å². The van der Waals surface area contributed by atoms with Gasteiger partial charge in [0.2, 0.25) is 0 Å². The first-order chi connectivity index (χ1) is 20.3. The van der Waals surface area contributed by atoms with Crippen molar-refractivity contribution in [1.29, 1.82) is 0 Å². The van der Waals surface area contributed by atoms with E-state index in [0.29, 0.717) is 5.56 Å². The summed E-state index contributed by atoms with van der Waals surface area (Å²) in [6.45, 7) is 0. The molecule has 0 radical (unpaired) electrons. The lowest BCUT2D eigenvalue weighted by molar-refractivity contribution is 0.00738. The average molecular weight is 593 g/mol. The summed E-state index contributed by atoms with van der Waals surface area (Å²) in [5.41, 5.74) is 0.122. The molecule has 0 fully saturated rings. The molecule has 0 saturated carbocycles. The van der Waals surface area contributed by atoms with Gasteiger partial charge in [0.05, 0.1) is 5.56 Å². The molecule has 4 aromatic rings. The summed E-state index contributed by atoms with van der Waals surface area (Å²) >= 11 is 0. The standard InChI is InChI=1S/C30H24O13/c31-12-1-2-13-21(7-12)42-29(10-3-17(33)25(38)18(34)4-10)27(40)23(13)14-8-15-22(9-16(14)32)43-30(28(41)24(15)37)11-5-19(35)26(39)20(36)6-11/h1-9,23,27-36,38-41H/t23-,27-,28-,29+,30-/m0/s1. The minimum absolute atomic E-state index is 0.00114.